The maximum absolute atomic E-state index is 15.9. The van der Waals surface area contributed by atoms with E-state index in [1.54, 1.807) is 38.1 Å². The van der Waals surface area contributed by atoms with Crippen LogP contribution in [0.4, 0.5) is 10.3 Å². The Morgan fingerprint density at radius 2 is 1.90 bits per heavy atom. The Labute approximate surface area is 287 Å². The molecule has 0 spiro atoms. The number of aliphatic hydroxyl groups is 1. The summed E-state index contributed by atoms with van der Waals surface area (Å²) in [7, 11) is -1.42. The topological polar surface area (TPSA) is 188 Å². The number of nitrogen functional groups attached to an aromatic ring is 1. The monoisotopic (exact) mass is 706 g/mol. The average Bonchev–Trinajstić information content (AvgIpc) is 3.62. The predicted molar refractivity (Wildman–Crippen MR) is 180 cm³/mol. The van der Waals surface area contributed by atoms with E-state index in [1.807, 2.05) is 42.5 Å². The number of methoxy groups -OCH3 is 1. The molecule has 14 nitrogen and oxygen atoms in total. The lowest BCUT2D eigenvalue weighted by Crippen LogP contribution is -2.42. The summed E-state index contributed by atoms with van der Waals surface area (Å²) in [6.07, 6.45) is -3.13. The number of ether oxygens (including phenoxy) is 4. The lowest BCUT2D eigenvalue weighted by molar-refractivity contribution is -0.170. The predicted octanol–water partition coefficient (Wildman–Crippen LogP) is 4.64. The largest absolute Gasteiger partial charge is 0.575 e. The lowest BCUT2D eigenvalue weighted by Gasteiger charge is -2.26. The molecule has 1 unspecified atom stereocenters. The number of rotatable bonds is 12. The third-order valence-electron chi connectivity index (χ3n) is 8.27. The number of fused-ring (bicyclic) bond motifs is 2. The first-order valence-electron chi connectivity index (χ1n) is 15.7. The fourth-order valence-electron chi connectivity index (χ4n) is 5.65. The van der Waals surface area contributed by atoms with E-state index in [2.05, 4.69) is 19.7 Å². The highest BCUT2D eigenvalue weighted by Gasteiger charge is 2.55. The van der Waals surface area contributed by atoms with Crippen molar-refractivity contribution in [2.45, 2.75) is 57.5 Å². The Morgan fingerprint density at radius 3 is 2.64 bits per heavy atom. The summed E-state index contributed by atoms with van der Waals surface area (Å²) in [5, 5.41) is 12.6. The zero-order valence-electron chi connectivity index (χ0n) is 27.7. The van der Waals surface area contributed by atoms with Crippen molar-refractivity contribution in [2.24, 2.45) is 10.7 Å². The highest BCUT2D eigenvalue weighted by atomic mass is 31.1. The number of aromatic nitrogens is 4. The van der Waals surface area contributed by atoms with Gasteiger partial charge in [0.15, 0.2) is 35.4 Å². The van der Waals surface area contributed by atoms with Gasteiger partial charge in [0.1, 0.15) is 24.9 Å². The summed E-state index contributed by atoms with van der Waals surface area (Å²) >= 11 is 0. The maximum Gasteiger partial charge on any atom is 0.395 e. The molecule has 0 bridgehead atoms. The smallest absolute Gasteiger partial charge is 0.395 e. The molecule has 6 atom stereocenters. The minimum Gasteiger partial charge on any atom is -0.575 e. The van der Waals surface area contributed by atoms with Crippen LogP contribution in [0.3, 0.4) is 0 Å². The average molecular weight is 707 g/mol. The van der Waals surface area contributed by atoms with Gasteiger partial charge in [0.25, 0.3) is 0 Å². The summed E-state index contributed by atoms with van der Waals surface area (Å²) in [6.45, 7) is 4.48. The van der Waals surface area contributed by atoms with Crippen LogP contribution in [0.15, 0.2) is 77.8 Å². The van der Waals surface area contributed by atoms with Crippen molar-refractivity contribution in [1.82, 2.24) is 19.5 Å². The number of benzene rings is 3. The molecule has 3 aromatic carbocycles. The number of hydrogen-bond donors (Lipinski definition) is 2. The highest BCUT2D eigenvalue weighted by Crippen LogP contribution is 2.44. The lowest BCUT2D eigenvalue weighted by atomic mass is 9.98. The minimum absolute atomic E-state index is 0.0386. The van der Waals surface area contributed by atoms with Crippen LogP contribution in [0.1, 0.15) is 32.6 Å². The van der Waals surface area contributed by atoms with E-state index < -0.39 is 44.3 Å². The van der Waals surface area contributed by atoms with E-state index in [4.69, 9.17) is 29.2 Å². The highest BCUT2D eigenvalue weighted by molar-refractivity contribution is 7.34. The summed E-state index contributed by atoms with van der Waals surface area (Å²) in [5.41, 5.74) is 5.02. The molecule has 0 amide bonds. The number of esters is 1. The summed E-state index contributed by atoms with van der Waals surface area (Å²) in [4.78, 5) is 38.8. The van der Waals surface area contributed by atoms with Crippen molar-refractivity contribution in [1.29, 1.82) is 0 Å². The first-order chi connectivity index (χ1) is 24.0. The van der Waals surface area contributed by atoms with Crippen LogP contribution in [-0.2, 0) is 20.9 Å². The molecule has 50 heavy (non-hydrogen) atoms. The van der Waals surface area contributed by atoms with Crippen LogP contribution in [0.2, 0.25) is 0 Å². The number of nitrogens with two attached hydrogens (primary N) is 1. The Balaban J connectivity index is 1.23. The molecule has 2 aromatic heterocycles. The molecule has 0 radical (unpaired) electrons. The maximum atomic E-state index is 15.9. The van der Waals surface area contributed by atoms with E-state index in [0.717, 1.165) is 10.9 Å². The number of carbonyl (C=O) groups excluding carboxylic acids is 1. The summed E-state index contributed by atoms with van der Waals surface area (Å²) < 4.78 is 50.0. The number of hydrogen-bond acceptors (Lipinski definition) is 13. The number of imidazole rings is 1. The van der Waals surface area contributed by atoms with Gasteiger partial charge in [-0.1, -0.05) is 79.3 Å². The first-order valence-corrected chi connectivity index (χ1v) is 16.9. The van der Waals surface area contributed by atoms with Crippen LogP contribution in [0.5, 0.6) is 17.4 Å². The standard InChI is InChI=1S/C34H36FN6O8P/c1-19(2)25(31(42)47-16-20-10-6-5-7-11-20)40-50(44)49-27-22-13-9-8-12-21(22)14-15-23(27)46-17-24-28(35)34(3,43)32(48-24)41-18-37-26-29(41)38-33(36)39-30(26)45-4/h5-15,18-19,24-25,28,32,43H,16-17H2,1-4H3,(H2,36,38,39)/t24-,25+,28-,32-,34-/m1/s1. The Bertz CT molecular complexity index is 2030. The molecule has 262 valence electrons. The quantitative estimate of drug-likeness (QED) is 0.135. The van der Waals surface area contributed by atoms with E-state index in [-0.39, 0.29) is 53.6 Å². The van der Waals surface area contributed by atoms with Crippen molar-refractivity contribution >= 4 is 42.0 Å². The molecule has 3 heterocycles. The van der Waals surface area contributed by atoms with Crippen LogP contribution >= 0.6 is 8.17 Å². The van der Waals surface area contributed by atoms with Crippen molar-refractivity contribution in [3.8, 4) is 17.4 Å². The van der Waals surface area contributed by atoms with Gasteiger partial charge >= 0.3 is 14.1 Å². The van der Waals surface area contributed by atoms with Gasteiger partial charge in [0.2, 0.25) is 17.6 Å². The van der Waals surface area contributed by atoms with Crippen LogP contribution in [-0.4, -0.2) is 68.2 Å². The molecule has 3 N–H and O–H groups in total. The van der Waals surface area contributed by atoms with E-state index in [0.29, 0.717) is 5.39 Å². The number of alkyl halides is 1. The molecule has 1 saturated heterocycles. The molecule has 0 aliphatic carbocycles. The number of carbonyl (C=O) groups is 1. The third kappa shape index (κ3) is 7.03. The Morgan fingerprint density at radius 1 is 1.16 bits per heavy atom. The van der Waals surface area contributed by atoms with Gasteiger partial charge in [-0.3, -0.25) is 9.09 Å². The molecule has 1 aliphatic heterocycles. The van der Waals surface area contributed by atoms with Gasteiger partial charge in [-0.15, -0.1) is 0 Å². The molecule has 1 fully saturated rings. The fourth-order valence-corrected chi connectivity index (χ4v) is 6.60. The summed E-state index contributed by atoms with van der Waals surface area (Å²) in [6, 6.07) is 18.6. The van der Waals surface area contributed by atoms with Crippen LogP contribution < -0.4 is 24.6 Å². The summed E-state index contributed by atoms with van der Waals surface area (Å²) in [5.74, 6) is -0.793. The molecular formula is C34H36FN6O8P. The van der Waals surface area contributed by atoms with E-state index in [9.17, 15) is 14.8 Å². The Hall–Kier alpha value is -4.95. The first kappa shape index (κ1) is 34.9. The zero-order valence-corrected chi connectivity index (χ0v) is 28.6. The number of anilines is 1. The zero-order chi connectivity index (χ0) is 35.6. The number of halogens is 1. The number of nitrogens with zero attached hydrogens (tertiary/aromatic N) is 5. The second kappa shape index (κ2) is 14.5. The fraction of sp³-hybridized carbons (Fsp3) is 0.353. The van der Waals surface area contributed by atoms with Crippen molar-refractivity contribution in [3.05, 3.63) is 78.6 Å². The van der Waals surface area contributed by atoms with Crippen LogP contribution in [0, 0.1) is 5.92 Å². The van der Waals surface area contributed by atoms with E-state index >= 15 is 4.39 Å². The van der Waals surface area contributed by atoms with Gasteiger partial charge in [0.05, 0.1) is 13.4 Å². The molecule has 16 heteroatoms. The Kier molecular flexibility index (Phi) is 10.1. The van der Waals surface area contributed by atoms with Gasteiger partial charge in [-0.25, -0.2) is 14.2 Å². The van der Waals surface area contributed by atoms with E-state index in [1.165, 1.54) is 24.9 Å². The second-order valence-electron chi connectivity index (χ2n) is 12.2. The molecule has 5 aromatic rings. The van der Waals surface area contributed by atoms with Crippen molar-refractivity contribution in [2.75, 3.05) is 19.5 Å². The normalized spacial score (nSPS) is 21.4. The van der Waals surface area contributed by atoms with Gasteiger partial charge in [0, 0.05) is 5.39 Å². The van der Waals surface area contributed by atoms with Crippen molar-refractivity contribution in [3.63, 3.8) is 0 Å². The molecule has 0 saturated carbocycles. The molecule has 1 aliphatic rings. The van der Waals surface area contributed by atoms with Crippen molar-refractivity contribution < 1.29 is 42.7 Å². The molecular weight excluding hydrogens is 670 g/mol. The van der Waals surface area contributed by atoms with Gasteiger partial charge < -0.3 is 34.7 Å². The third-order valence-corrected chi connectivity index (χ3v) is 9.05. The second-order valence-corrected chi connectivity index (χ2v) is 13.1. The minimum atomic E-state index is -2.81. The van der Waals surface area contributed by atoms with Gasteiger partial charge in [-0.2, -0.15) is 9.97 Å². The van der Waals surface area contributed by atoms with Crippen LogP contribution in [0.25, 0.3) is 21.9 Å². The SMILES string of the molecule is COc1nc(N)nc2c1ncn2[C@@H]1O[C@H](COc2ccc3ccccc3c2O[P+]([O-])=N[C@H](C(=O)OCc2ccccc2)C(C)C)[C@@H](F)[C@@]1(C)O. The molecule has 6 rings (SSSR count). The van der Waals surface area contributed by atoms with Gasteiger partial charge in [-0.05, 0) is 29.9 Å².